The molecule has 0 aromatic heterocycles. The Hall–Kier alpha value is -1.82. The minimum atomic E-state index is -1.18. The lowest BCUT2D eigenvalue weighted by Gasteiger charge is -2.36. The van der Waals surface area contributed by atoms with Gasteiger partial charge in [0.05, 0.1) is 11.4 Å². The van der Waals surface area contributed by atoms with Gasteiger partial charge in [-0.05, 0) is 30.9 Å². The zero-order valence-electron chi connectivity index (χ0n) is 11.9. The molecule has 1 aromatic carbocycles. The maximum Gasteiger partial charge on any atom is 0.340 e. The van der Waals surface area contributed by atoms with Crippen LogP contribution in [0, 0.1) is 11.7 Å². The van der Waals surface area contributed by atoms with E-state index in [2.05, 4.69) is 4.90 Å². The monoisotopic (exact) mass is 293 g/mol. The van der Waals surface area contributed by atoms with Crippen LogP contribution in [0.1, 0.15) is 23.2 Å². The molecule has 1 saturated carbocycles. The molecule has 2 aliphatic rings. The predicted octanol–water partition coefficient (Wildman–Crippen LogP) is 1.64. The van der Waals surface area contributed by atoms with Gasteiger partial charge in [-0.15, -0.1) is 0 Å². The molecule has 1 heterocycles. The summed E-state index contributed by atoms with van der Waals surface area (Å²) in [5.74, 6) is -1.00. The fraction of sp³-hybridized carbons (Fsp3) is 0.533. The lowest BCUT2D eigenvalue weighted by Crippen LogP contribution is -2.47. The minimum Gasteiger partial charge on any atom is -0.478 e. The van der Waals surface area contributed by atoms with E-state index in [4.69, 9.17) is 5.73 Å². The molecule has 2 fully saturated rings. The fourth-order valence-electron chi connectivity index (χ4n) is 2.91. The number of halogens is 1. The van der Waals surface area contributed by atoms with E-state index in [1.54, 1.807) is 0 Å². The number of hydrogen-bond donors (Lipinski definition) is 2. The Morgan fingerprint density at radius 1 is 1.29 bits per heavy atom. The lowest BCUT2D eigenvalue weighted by molar-refractivity contribution is 0.0698. The Morgan fingerprint density at radius 3 is 2.52 bits per heavy atom. The second kappa shape index (κ2) is 5.52. The summed E-state index contributed by atoms with van der Waals surface area (Å²) in [6.07, 6.45) is 2.66. The summed E-state index contributed by atoms with van der Waals surface area (Å²) in [5.41, 5.74) is 5.72. The van der Waals surface area contributed by atoms with E-state index in [0.29, 0.717) is 5.69 Å². The fourth-order valence-corrected chi connectivity index (χ4v) is 2.91. The van der Waals surface area contributed by atoms with Gasteiger partial charge in [-0.25, -0.2) is 9.18 Å². The van der Waals surface area contributed by atoms with Gasteiger partial charge in [-0.1, -0.05) is 0 Å². The number of aromatic carboxylic acids is 1. The summed E-state index contributed by atoms with van der Waals surface area (Å²) in [4.78, 5) is 15.8. The smallest absolute Gasteiger partial charge is 0.340 e. The molecule has 3 N–H and O–H groups in total. The molecule has 0 radical (unpaired) electrons. The third-order valence-corrected chi connectivity index (χ3v) is 4.31. The first-order chi connectivity index (χ1) is 10.1. The summed E-state index contributed by atoms with van der Waals surface area (Å²) in [6, 6.07) is 2.76. The van der Waals surface area contributed by atoms with Crippen molar-refractivity contribution in [1.29, 1.82) is 0 Å². The first kappa shape index (κ1) is 14.1. The van der Waals surface area contributed by atoms with Crippen molar-refractivity contribution in [1.82, 2.24) is 4.90 Å². The van der Waals surface area contributed by atoms with Crippen molar-refractivity contribution in [2.75, 3.05) is 43.4 Å². The van der Waals surface area contributed by atoms with E-state index in [-0.39, 0.29) is 11.3 Å². The molecule has 3 rings (SSSR count). The van der Waals surface area contributed by atoms with Crippen molar-refractivity contribution >= 4 is 17.3 Å². The van der Waals surface area contributed by atoms with E-state index in [0.717, 1.165) is 38.6 Å². The van der Waals surface area contributed by atoms with Crippen LogP contribution in [0.5, 0.6) is 0 Å². The van der Waals surface area contributed by atoms with Crippen LogP contribution in [0.3, 0.4) is 0 Å². The predicted molar refractivity (Wildman–Crippen MR) is 79.1 cm³/mol. The Bertz CT molecular complexity index is 552. The quantitative estimate of drug-likeness (QED) is 0.826. The van der Waals surface area contributed by atoms with Crippen LogP contribution in [0.25, 0.3) is 0 Å². The zero-order valence-corrected chi connectivity index (χ0v) is 11.9. The third-order valence-electron chi connectivity index (χ3n) is 4.31. The highest BCUT2D eigenvalue weighted by molar-refractivity contribution is 6.00. The summed E-state index contributed by atoms with van der Waals surface area (Å²) < 4.78 is 13.5. The molecule has 5 nitrogen and oxygen atoms in total. The molecule has 0 atom stereocenters. The van der Waals surface area contributed by atoms with Gasteiger partial charge in [0, 0.05) is 32.7 Å². The van der Waals surface area contributed by atoms with Crippen molar-refractivity contribution in [2.45, 2.75) is 12.8 Å². The van der Waals surface area contributed by atoms with Gasteiger partial charge in [-0.2, -0.15) is 0 Å². The summed E-state index contributed by atoms with van der Waals surface area (Å²) in [6.45, 7) is 4.46. The largest absolute Gasteiger partial charge is 0.478 e. The van der Waals surface area contributed by atoms with E-state index in [1.165, 1.54) is 25.0 Å². The first-order valence-corrected chi connectivity index (χ1v) is 7.35. The summed E-state index contributed by atoms with van der Waals surface area (Å²) in [7, 11) is 0. The lowest BCUT2D eigenvalue weighted by atomic mass is 10.1. The molecule has 114 valence electrons. The number of hydrogen-bond acceptors (Lipinski definition) is 4. The standard InChI is InChI=1S/C15H20FN3O2/c16-11-3-4-12(13(14(11)17)15(20)21)19-7-5-18(6-8-19)9-10-1-2-10/h3-4,10H,1-2,5-9,17H2,(H,20,21). The first-order valence-electron chi connectivity index (χ1n) is 7.35. The molecule has 21 heavy (non-hydrogen) atoms. The molecular weight excluding hydrogens is 273 g/mol. The van der Waals surface area contributed by atoms with E-state index in [9.17, 15) is 14.3 Å². The molecule has 0 spiro atoms. The van der Waals surface area contributed by atoms with E-state index < -0.39 is 11.8 Å². The molecule has 0 amide bonds. The highest BCUT2D eigenvalue weighted by Gasteiger charge is 2.28. The number of nitrogens with zero attached hydrogens (tertiary/aromatic N) is 2. The van der Waals surface area contributed by atoms with Crippen molar-refractivity contribution in [3.63, 3.8) is 0 Å². The number of carbonyl (C=O) groups is 1. The number of anilines is 2. The van der Waals surface area contributed by atoms with E-state index >= 15 is 0 Å². The van der Waals surface area contributed by atoms with Crippen LogP contribution in [0.15, 0.2) is 12.1 Å². The second-order valence-corrected chi connectivity index (χ2v) is 5.89. The second-order valence-electron chi connectivity index (χ2n) is 5.89. The Labute approximate surface area is 123 Å². The average Bonchev–Trinajstić information content (AvgIpc) is 3.26. The highest BCUT2D eigenvalue weighted by Crippen LogP contribution is 2.31. The summed E-state index contributed by atoms with van der Waals surface area (Å²) in [5, 5.41) is 9.30. The Balaban J connectivity index is 1.75. The van der Waals surface area contributed by atoms with Crippen molar-refractivity contribution in [3.8, 4) is 0 Å². The molecule has 0 bridgehead atoms. The molecule has 0 unspecified atom stereocenters. The summed E-state index contributed by atoms with van der Waals surface area (Å²) >= 11 is 0. The van der Waals surface area contributed by atoms with Gasteiger partial charge >= 0.3 is 5.97 Å². The average molecular weight is 293 g/mol. The van der Waals surface area contributed by atoms with E-state index in [1.807, 2.05) is 4.90 Å². The maximum atomic E-state index is 13.5. The minimum absolute atomic E-state index is 0.120. The molecular formula is C15H20FN3O2. The van der Waals surface area contributed by atoms with Crippen molar-refractivity contribution < 1.29 is 14.3 Å². The normalized spacial score (nSPS) is 19.8. The van der Waals surface area contributed by atoms with Crippen molar-refractivity contribution in [3.05, 3.63) is 23.5 Å². The van der Waals surface area contributed by atoms with Crippen LogP contribution >= 0.6 is 0 Å². The van der Waals surface area contributed by atoms with Crippen LogP contribution in [0.4, 0.5) is 15.8 Å². The van der Waals surface area contributed by atoms with Gasteiger partial charge in [0.25, 0.3) is 0 Å². The van der Waals surface area contributed by atoms with Crippen LogP contribution in [0.2, 0.25) is 0 Å². The maximum absolute atomic E-state index is 13.5. The van der Waals surface area contributed by atoms with Gasteiger partial charge in [0.15, 0.2) is 0 Å². The van der Waals surface area contributed by atoms with Crippen LogP contribution in [-0.4, -0.2) is 48.7 Å². The molecule has 1 saturated heterocycles. The SMILES string of the molecule is Nc1c(F)ccc(N2CCN(CC3CC3)CC2)c1C(=O)O. The van der Waals surface area contributed by atoms with Crippen LogP contribution < -0.4 is 10.6 Å². The molecule has 6 heteroatoms. The Kier molecular flexibility index (Phi) is 3.71. The number of carboxylic acids is 1. The highest BCUT2D eigenvalue weighted by atomic mass is 19.1. The van der Waals surface area contributed by atoms with Crippen molar-refractivity contribution in [2.24, 2.45) is 5.92 Å². The number of piperazine rings is 1. The van der Waals surface area contributed by atoms with Gasteiger partial charge in [0.1, 0.15) is 11.4 Å². The van der Waals surface area contributed by atoms with Gasteiger partial charge in [-0.3, -0.25) is 4.90 Å². The molecule has 1 aliphatic carbocycles. The number of benzene rings is 1. The van der Waals surface area contributed by atoms with Gasteiger partial charge < -0.3 is 15.7 Å². The number of carboxylic acid groups (broad SMARTS) is 1. The number of nitrogen functional groups attached to an aromatic ring is 1. The number of nitrogens with two attached hydrogens (primary N) is 1. The third kappa shape index (κ3) is 2.95. The zero-order chi connectivity index (χ0) is 15.0. The Morgan fingerprint density at radius 2 is 1.95 bits per heavy atom. The molecule has 1 aromatic rings. The topological polar surface area (TPSA) is 69.8 Å². The number of rotatable bonds is 4. The molecule has 1 aliphatic heterocycles. The van der Waals surface area contributed by atoms with Gasteiger partial charge in [0.2, 0.25) is 0 Å². The van der Waals surface area contributed by atoms with Crippen LogP contribution in [-0.2, 0) is 0 Å².